The molecule has 0 fully saturated rings. The Kier molecular flexibility index (Phi) is 4.16. The number of halogens is 4. The van der Waals surface area contributed by atoms with Gasteiger partial charge in [-0.25, -0.2) is 17.6 Å². The van der Waals surface area contributed by atoms with Crippen LogP contribution < -0.4 is 5.32 Å². The molecular weight excluding hydrogens is 258 g/mol. The average molecular weight is 269 g/mol. The van der Waals surface area contributed by atoms with E-state index in [9.17, 15) is 17.6 Å². The molecule has 0 saturated heterocycles. The fourth-order valence-electron chi connectivity index (χ4n) is 1.69. The lowest BCUT2D eigenvalue weighted by atomic mass is 10.1. The maximum Gasteiger partial charge on any atom is 0.127 e. The summed E-state index contributed by atoms with van der Waals surface area (Å²) in [6.45, 7) is 0.0547. The molecular formula is C14H11F4N. The van der Waals surface area contributed by atoms with Crippen molar-refractivity contribution < 1.29 is 17.6 Å². The zero-order valence-electron chi connectivity index (χ0n) is 9.89. The van der Waals surface area contributed by atoms with Gasteiger partial charge in [-0.15, -0.1) is 0 Å². The highest BCUT2D eigenvalue weighted by molar-refractivity contribution is 5.20. The molecule has 2 aromatic rings. The zero-order valence-corrected chi connectivity index (χ0v) is 9.89. The van der Waals surface area contributed by atoms with E-state index in [1.165, 1.54) is 0 Å². The fraction of sp³-hybridized carbons (Fsp3) is 0.143. The molecule has 0 spiro atoms. The molecule has 1 N–H and O–H groups in total. The molecule has 0 unspecified atom stereocenters. The van der Waals surface area contributed by atoms with Gasteiger partial charge in [0, 0.05) is 24.2 Å². The van der Waals surface area contributed by atoms with Crippen molar-refractivity contribution in [1.82, 2.24) is 5.32 Å². The van der Waals surface area contributed by atoms with Gasteiger partial charge in [-0.3, -0.25) is 0 Å². The smallest absolute Gasteiger partial charge is 0.127 e. The van der Waals surface area contributed by atoms with Gasteiger partial charge in [0.25, 0.3) is 0 Å². The molecule has 5 heteroatoms. The second-order valence-corrected chi connectivity index (χ2v) is 4.08. The normalized spacial score (nSPS) is 10.7. The van der Waals surface area contributed by atoms with Gasteiger partial charge in [-0.05, 0) is 36.4 Å². The minimum absolute atomic E-state index is 0.0273. The summed E-state index contributed by atoms with van der Waals surface area (Å²) >= 11 is 0. The van der Waals surface area contributed by atoms with Crippen LogP contribution in [0, 0.1) is 23.3 Å². The molecule has 19 heavy (non-hydrogen) atoms. The summed E-state index contributed by atoms with van der Waals surface area (Å²) in [6.07, 6.45) is 0. The van der Waals surface area contributed by atoms with Crippen LogP contribution in [0.15, 0.2) is 36.4 Å². The summed E-state index contributed by atoms with van der Waals surface area (Å²) in [4.78, 5) is 0. The van der Waals surface area contributed by atoms with Gasteiger partial charge in [0.15, 0.2) is 0 Å². The Morgan fingerprint density at radius 2 is 1.11 bits per heavy atom. The minimum Gasteiger partial charge on any atom is -0.308 e. The summed E-state index contributed by atoms with van der Waals surface area (Å²) in [7, 11) is 0. The first-order chi connectivity index (χ1) is 9.06. The van der Waals surface area contributed by atoms with Crippen molar-refractivity contribution in [1.29, 1.82) is 0 Å². The molecule has 0 aromatic heterocycles. The molecule has 0 radical (unpaired) electrons. The van der Waals surface area contributed by atoms with Crippen LogP contribution in [0.25, 0.3) is 0 Å². The van der Waals surface area contributed by atoms with Crippen LogP contribution in [0.2, 0.25) is 0 Å². The topological polar surface area (TPSA) is 12.0 Å². The third kappa shape index (κ3) is 3.54. The van der Waals surface area contributed by atoms with Gasteiger partial charge in [0.05, 0.1) is 0 Å². The van der Waals surface area contributed by atoms with E-state index in [-0.39, 0.29) is 24.2 Å². The van der Waals surface area contributed by atoms with Crippen LogP contribution >= 0.6 is 0 Å². The van der Waals surface area contributed by atoms with Crippen LogP contribution in [0.4, 0.5) is 17.6 Å². The van der Waals surface area contributed by atoms with Gasteiger partial charge in [-0.2, -0.15) is 0 Å². The van der Waals surface area contributed by atoms with Crippen molar-refractivity contribution in [2.75, 3.05) is 0 Å². The van der Waals surface area contributed by atoms with E-state index < -0.39 is 23.3 Å². The first kappa shape index (κ1) is 13.5. The summed E-state index contributed by atoms with van der Waals surface area (Å²) in [5, 5.41) is 2.74. The second-order valence-electron chi connectivity index (χ2n) is 4.08. The molecule has 0 aliphatic carbocycles. The lowest BCUT2D eigenvalue weighted by Gasteiger charge is -2.07. The molecule has 0 aliphatic rings. The lowest BCUT2D eigenvalue weighted by Crippen LogP contribution is -2.15. The van der Waals surface area contributed by atoms with Crippen molar-refractivity contribution in [3.05, 3.63) is 70.8 Å². The van der Waals surface area contributed by atoms with Crippen LogP contribution in [0.1, 0.15) is 11.1 Å². The molecule has 2 aromatic carbocycles. The van der Waals surface area contributed by atoms with E-state index >= 15 is 0 Å². The molecule has 1 nitrogen and oxygen atoms in total. The van der Waals surface area contributed by atoms with Crippen molar-refractivity contribution in [2.24, 2.45) is 0 Å². The zero-order chi connectivity index (χ0) is 13.8. The Balaban J connectivity index is 2.00. The number of rotatable bonds is 4. The fourth-order valence-corrected chi connectivity index (χ4v) is 1.69. The standard InChI is InChI=1S/C14H11F4N/c15-11-1-3-13(17)9(5-11)7-19-8-10-6-12(16)2-4-14(10)18/h1-6,19H,7-8H2. The monoisotopic (exact) mass is 269 g/mol. The Morgan fingerprint density at radius 3 is 1.53 bits per heavy atom. The number of hydrogen-bond acceptors (Lipinski definition) is 1. The summed E-state index contributed by atoms with van der Waals surface area (Å²) in [5.74, 6) is -2.19. The predicted octanol–water partition coefficient (Wildman–Crippen LogP) is 3.53. The van der Waals surface area contributed by atoms with E-state index in [1.54, 1.807) is 0 Å². The van der Waals surface area contributed by atoms with Crippen molar-refractivity contribution in [2.45, 2.75) is 13.1 Å². The third-order valence-electron chi connectivity index (χ3n) is 2.65. The SMILES string of the molecule is Fc1ccc(F)c(CNCc2cc(F)ccc2F)c1. The molecule has 100 valence electrons. The van der Waals surface area contributed by atoms with E-state index in [0.717, 1.165) is 36.4 Å². The maximum atomic E-state index is 13.3. The maximum absolute atomic E-state index is 13.3. The van der Waals surface area contributed by atoms with Crippen molar-refractivity contribution >= 4 is 0 Å². The summed E-state index contributed by atoms with van der Waals surface area (Å²) in [5.41, 5.74) is 0.272. The van der Waals surface area contributed by atoms with Gasteiger partial charge in [0.2, 0.25) is 0 Å². The number of hydrogen-bond donors (Lipinski definition) is 1. The van der Waals surface area contributed by atoms with E-state index in [1.807, 2.05) is 0 Å². The highest BCUT2D eigenvalue weighted by atomic mass is 19.1. The van der Waals surface area contributed by atoms with Crippen molar-refractivity contribution in [3.8, 4) is 0 Å². The highest BCUT2D eigenvalue weighted by Gasteiger charge is 2.06. The van der Waals surface area contributed by atoms with Gasteiger partial charge >= 0.3 is 0 Å². The van der Waals surface area contributed by atoms with Crippen LogP contribution in [0.5, 0.6) is 0 Å². The molecule has 0 aliphatic heterocycles. The van der Waals surface area contributed by atoms with Gasteiger partial charge in [0.1, 0.15) is 23.3 Å². The molecule has 0 bridgehead atoms. The Hall–Kier alpha value is -1.88. The Labute approximate surface area is 107 Å². The van der Waals surface area contributed by atoms with Crippen LogP contribution in [-0.2, 0) is 13.1 Å². The van der Waals surface area contributed by atoms with E-state index in [4.69, 9.17) is 0 Å². The minimum atomic E-state index is -0.548. The largest absolute Gasteiger partial charge is 0.308 e. The lowest BCUT2D eigenvalue weighted by molar-refractivity contribution is 0.551. The van der Waals surface area contributed by atoms with Gasteiger partial charge < -0.3 is 5.32 Å². The third-order valence-corrected chi connectivity index (χ3v) is 2.65. The van der Waals surface area contributed by atoms with E-state index in [2.05, 4.69) is 5.32 Å². The second kappa shape index (κ2) is 5.84. The quantitative estimate of drug-likeness (QED) is 0.837. The molecule has 0 saturated carbocycles. The number of nitrogens with one attached hydrogen (secondary N) is 1. The van der Waals surface area contributed by atoms with Gasteiger partial charge in [-0.1, -0.05) is 0 Å². The predicted molar refractivity (Wildman–Crippen MR) is 63.3 cm³/mol. The molecule has 2 rings (SSSR count). The highest BCUT2D eigenvalue weighted by Crippen LogP contribution is 2.11. The molecule has 0 heterocycles. The first-order valence-corrected chi connectivity index (χ1v) is 5.65. The van der Waals surface area contributed by atoms with Crippen molar-refractivity contribution in [3.63, 3.8) is 0 Å². The summed E-state index contributed by atoms with van der Waals surface area (Å²) in [6, 6.07) is 6.20. The van der Waals surface area contributed by atoms with Crippen LogP contribution in [-0.4, -0.2) is 0 Å². The Morgan fingerprint density at radius 1 is 0.684 bits per heavy atom. The number of benzene rings is 2. The molecule has 0 atom stereocenters. The van der Waals surface area contributed by atoms with E-state index in [0.29, 0.717) is 0 Å². The average Bonchev–Trinajstić information content (AvgIpc) is 2.38. The Bertz CT molecular complexity index is 532. The first-order valence-electron chi connectivity index (χ1n) is 5.65. The summed E-state index contributed by atoms with van der Waals surface area (Å²) < 4.78 is 52.4. The molecule has 0 amide bonds. The van der Waals surface area contributed by atoms with Crippen LogP contribution in [0.3, 0.4) is 0 Å².